The molecule has 0 bridgehead atoms. The molecule has 0 saturated carbocycles. The van der Waals surface area contributed by atoms with E-state index < -0.39 is 30.9 Å². The zero-order valence-corrected chi connectivity index (χ0v) is 24.0. The summed E-state index contributed by atoms with van der Waals surface area (Å²) in [6, 6.07) is 12.4. The topological polar surface area (TPSA) is 48.6 Å². The SMILES string of the molecule is Cc1c(-c2ccc(O)cc2)n(CCCCCCN(C)CCCCCCC(F)(C(F)(F)F)C(F)(F)F)c2ccc(O)cc12. The van der Waals surface area contributed by atoms with Gasteiger partial charge in [-0.3, -0.25) is 0 Å². The number of phenols is 2. The van der Waals surface area contributed by atoms with Gasteiger partial charge in [-0.2, -0.15) is 26.3 Å². The van der Waals surface area contributed by atoms with Crippen molar-refractivity contribution in [2.45, 2.75) is 89.3 Å². The second-order valence-electron chi connectivity index (χ2n) is 11.1. The summed E-state index contributed by atoms with van der Waals surface area (Å²) in [6.45, 7) is 4.29. The molecule has 2 aromatic carbocycles. The molecule has 0 amide bonds. The number of phenolic OH excluding ortho intramolecular Hbond substituents is 2. The number of nitrogens with zero attached hydrogens (tertiary/aromatic N) is 2. The summed E-state index contributed by atoms with van der Waals surface area (Å²) in [4.78, 5) is 2.09. The molecule has 0 aliphatic carbocycles. The van der Waals surface area contributed by atoms with Gasteiger partial charge in [-0.1, -0.05) is 25.7 Å². The molecule has 0 atom stereocenters. The van der Waals surface area contributed by atoms with Gasteiger partial charge < -0.3 is 19.7 Å². The number of hydrogen-bond acceptors (Lipinski definition) is 3. The van der Waals surface area contributed by atoms with E-state index in [9.17, 15) is 40.9 Å². The van der Waals surface area contributed by atoms with Crippen LogP contribution in [0.4, 0.5) is 30.7 Å². The third-order valence-corrected chi connectivity index (χ3v) is 7.82. The van der Waals surface area contributed by atoms with Crippen molar-refractivity contribution < 1.29 is 40.9 Å². The highest BCUT2D eigenvalue weighted by atomic mass is 19.4. The first kappa shape index (κ1) is 33.6. The first-order valence-corrected chi connectivity index (χ1v) is 14.3. The fourth-order valence-corrected chi connectivity index (χ4v) is 5.40. The maximum atomic E-state index is 13.7. The summed E-state index contributed by atoms with van der Waals surface area (Å²) in [7, 11) is 1.92. The molecule has 0 saturated heterocycles. The molecule has 2 N–H and O–H groups in total. The van der Waals surface area contributed by atoms with Gasteiger partial charge in [0.1, 0.15) is 11.5 Å². The Hall–Kier alpha value is -2.95. The minimum absolute atomic E-state index is 0.102. The molecule has 0 radical (unpaired) electrons. The molecule has 0 spiro atoms. The van der Waals surface area contributed by atoms with Gasteiger partial charge in [0.15, 0.2) is 0 Å². The van der Waals surface area contributed by atoms with Gasteiger partial charge >= 0.3 is 12.4 Å². The van der Waals surface area contributed by atoms with Crippen molar-refractivity contribution in [1.29, 1.82) is 0 Å². The highest BCUT2D eigenvalue weighted by Gasteiger charge is 2.71. The molecule has 3 aromatic rings. The number of benzene rings is 2. The zero-order chi connectivity index (χ0) is 31.1. The lowest BCUT2D eigenvalue weighted by molar-refractivity contribution is -0.343. The largest absolute Gasteiger partial charge is 0.508 e. The second kappa shape index (κ2) is 14.0. The Labute approximate surface area is 241 Å². The minimum atomic E-state index is -5.97. The van der Waals surface area contributed by atoms with Crippen LogP contribution >= 0.6 is 0 Å². The van der Waals surface area contributed by atoms with E-state index in [-0.39, 0.29) is 17.9 Å². The lowest BCUT2D eigenvalue weighted by Crippen LogP contribution is -2.53. The number of unbranched alkanes of at least 4 members (excludes halogenated alkanes) is 6. The number of aromatic hydroxyl groups is 2. The number of fused-ring (bicyclic) bond motifs is 1. The van der Waals surface area contributed by atoms with Crippen molar-refractivity contribution in [1.82, 2.24) is 9.47 Å². The Balaban J connectivity index is 1.39. The fraction of sp³-hybridized carbons (Fsp3) is 0.548. The molecule has 42 heavy (non-hydrogen) atoms. The smallest absolute Gasteiger partial charge is 0.431 e. The van der Waals surface area contributed by atoms with Gasteiger partial charge in [0.25, 0.3) is 5.67 Å². The van der Waals surface area contributed by atoms with Crippen LogP contribution in [-0.2, 0) is 6.54 Å². The Kier molecular flexibility index (Phi) is 11.2. The van der Waals surface area contributed by atoms with E-state index in [4.69, 9.17) is 0 Å². The number of alkyl halides is 7. The molecule has 4 nitrogen and oxygen atoms in total. The number of aromatic nitrogens is 1. The van der Waals surface area contributed by atoms with Crippen LogP contribution in [0.15, 0.2) is 42.5 Å². The van der Waals surface area contributed by atoms with Crippen molar-refractivity contribution >= 4 is 10.9 Å². The van der Waals surface area contributed by atoms with E-state index in [0.29, 0.717) is 19.4 Å². The molecule has 0 fully saturated rings. The number of aryl methyl sites for hydroxylation is 2. The Morgan fingerprint density at radius 1 is 0.690 bits per heavy atom. The van der Waals surface area contributed by atoms with Gasteiger partial charge in [-0.05, 0) is 113 Å². The molecular formula is C31H39F7N2O2. The van der Waals surface area contributed by atoms with Crippen LogP contribution in [0, 0.1) is 6.92 Å². The molecular weight excluding hydrogens is 565 g/mol. The molecule has 1 aromatic heterocycles. The lowest BCUT2D eigenvalue weighted by Gasteiger charge is -2.29. The highest BCUT2D eigenvalue weighted by molar-refractivity contribution is 5.92. The third kappa shape index (κ3) is 8.11. The second-order valence-corrected chi connectivity index (χ2v) is 11.1. The number of halogens is 7. The Morgan fingerprint density at radius 2 is 1.21 bits per heavy atom. The van der Waals surface area contributed by atoms with E-state index >= 15 is 0 Å². The predicted molar refractivity (Wildman–Crippen MR) is 150 cm³/mol. The Bertz CT molecular complexity index is 1270. The first-order valence-electron chi connectivity index (χ1n) is 14.3. The van der Waals surface area contributed by atoms with E-state index in [1.807, 2.05) is 32.2 Å². The molecule has 0 aliphatic rings. The zero-order valence-electron chi connectivity index (χ0n) is 24.0. The summed E-state index contributed by atoms with van der Waals surface area (Å²) in [5.41, 5.74) is -1.04. The van der Waals surface area contributed by atoms with Crippen LogP contribution in [0.25, 0.3) is 22.2 Å². The average molecular weight is 605 g/mol. The summed E-state index contributed by atoms with van der Waals surface area (Å²) in [5, 5.41) is 20.7. The van der Waals surface area contributed by atoms with Crippen LogP contribution < -0.4 is 0 Å². The van der Waals surface area contributed by atoms with Crippen molar-refractivity contribution in [3.05, 3.63) is 48.0 Å². The molecule has 234 valence electrons. The monoisotopic (exact) mass is 604 g/mol. The fourth-order valence-electron chi connectivity index (χ4n) is 5.40. The number of hydrogen-bond donors (Lipinski definition) is 2. The van der Waals surface area contributed by atoms with Crippen LogP contribution in [0.1, 0.15) is 63.4 Å². The maximum absolute atomic E-state index is 13.7. The molecule has 3 rings (SSSR count). The Morgan fingerprint density at radius 3 is 1.79 bits per heavy atom. The van der Waals surface area contributed by atoms with Crippen molar-refractivity contribution in [2.75, 3.05) is 20.1 Å². The van der Waals surface area contributed by atoms with Crippen LogP contribution in [0.3, 0.4) is 0 Å². The average Bonchev–Trinajstić information content (AvgIpc) is 3.17. The van der Waals surface area contributed by atoms with Crippen molar-refractivity contribution in [2.24, 2.45) is 0 Å². The van der Waals surface area contributed by atoms with Gasteiger partial charge in [0.2, 0.25) is 0 Å². The van der Waals surface area contributed by atoms with Crippen LogP contribution in [-0.4, -0.2) is 57.8 Å². The van der Waals surface area contributed by atoms with Crippen molar-refractivity contribution in [3.63, 3.8) is 0 Å². The highest BCUT2D eigenvalue weighted by Crippen LogP contribution is 2.49. The van der Waals surface area contributed by atoms with Gasteiger partial charge in [-0.15, -0.1) is 0 Å². The quantitative estimate of drug-likeness (QED) is 0.134. The summed E-state index contributed by atoms with van der Waals surface area (Å²) in [6.07, 6.45) is -9.02. The lowest BCUT2D eigenvalue weighted by atomic mass is 9.96. The predicted octanol–water partition coefficient (Wildman–Crippen LogP) is 9.30. The molecule has 11 heteroatoms. The number of rotatable bonds is 15. The van der Waals surface area contributed by atoms with E-state index in [1.54, 1.807) is 24.3 Å². The van der Waals surface area contributed by atoms with E-state index in [2.05, 4.69) is 9.47 Å². The third-order valence-electron chi connectivity index (χ3n) is 7.82. The van der Waals surface area contributed by atoms with Gasteiger partial charge in [0.05, 0.1) is 5.69 Å². The minimum Gasteiger partial charge on any atom is -0.508 e. The maximum Gasteiger partial charge on any atom is 0.431 e. The molecule has 0 aliphatic heterocycles. The van der Waals surface area contributed by atoms with Gasteiger partial charge in [-0.25, -0.2) is 4.39 Å². The van der Waals surface area contributed by atoms with Crippen LogP contribution in [0.2, 0.25) is 0 Å². The van der Waals surface area contributed by atoms with Crippen LogP contribution in [0.5, 0.6) is 11.5 Å². The summed E-state index contributed by atoms with van der Waals surface area (Å²) in [5.74, 6) is 0.394. The van der Waals surface area contributed by atoms with E-state index in [1.165, 1.54) is 0 Å². The van der Waals surface area contributed by atoms with Crippen molar-refractivity contribution in [3.8, 4) is 22.8 Å². The molecule has 1 heterocycles. The normalized spacial score (nSPS) is 13.0. The van der Waals surface area contributed by atoms with Gasteiger partial charge in [0, 0.05) is 17.4 Å². The standard InChI is InChI=1S/C31H39F7N2O2/c1-22-26-21-25(42)15-16-27(26)40(28(22)23-11-13-24(41)14-12-23)20-10-6-5-9-19-39(2)18-8-4-3-7-17-29(32,30(33,34)35)31(36,37)38/h11-16,21,41-42H,3-10,17-20H2,1-2H3. The van der Waals surface area contributed by atoms with E-state index in [0.717, 1.165) is 66.5 Å². The summed E-state index contributed by atoms with van der Waals surface area (Å²) >= 11 is 0. The molecule has 0 unspecified atom stereocenters. The first-order chi connectivity index (χ1) is 19.7. The summed E-state index contributed by atoms with van der Waals surface area (Å²) < 4.78 is 91.7.